The predicted octanol–water partition coefficient (Wildman–Crippen LogP) is 6.24. The number of carbonyl (C=O) groups excluding carboxylic acids is 1. The molecule has 1 fully saturated rings. The number of benzene rings is 4. The summed E-state index contributed by atoms with van der Waals surface area (Å²) in [6.07, 6.45) is -0.442. The molecule has 1 saturated heterocycles. The van der Waals surface area contributed by atoms with Gasteiger partial charge in [-0.3, -0.25) is 0 Å². The minimum absolute atomic E-state index is 0.0332. The largest absolute Gasteiger partial charge is 0.497 e. The Hall–Kier alpha value is -5.91. The number of aliphatic imine (C=N–C) groups is 1. The van der Waals surface area contributed by atoms with E-state index >= 15 is 16.8 Å². The molecule has 0 saturated carbocycles. The van der Waals surface area contributed by atoms with Gasteiger partial charge in [0, 0.05) is 51.5 Å². The monoisotopic (exact) mass is 1040 g/mol. The molecule has 2 aliphatic rings. The van der Waals surface area contributed by atoms with Crippen LogP contribution in [0.3, 0.4) is 0 Å². The highest BCUT2D eigenvalue weighted by Gasteiger charge is 2.43. The Bertz CT molecular complexity index is 2880. The number of ether oxygens (including phenoxy) is 2. The van der Waals surface area contributed by atoms with Crippen molar-refractivity contribution in [2.45, 2.75) is 119 Å². The maximum absolute atomic E-state index is 16.2. The first-order chi connectivity index (χ1) is 33.9. The average molecular weight is 1040 g/mol. The molecular weight excluding hydrogens is 975 g/mol. The molecule has 0 radical (unpaired) electrons. The Balaban J connectivity index is 1.40. The van der Waals surface area contributed by atoms with E-state index in [1.807, 2.05) is 103 Å². The van der Waals surface area contributed by atoms with E-state index in [-0.39, 0.29) is 49.1 Å². The third-order valence-corrected chi connectivity index (χ3v) is 21.2. The summed E-state index contributed by atoms with van der Waals surface area (Å²) < 4.78 is 84.6. The molecule has 0 bridgehead atoms. The lowest BCUT2D eigenvalue weighted by molar-refractivity contribution is 0.0498. The van der Waals surface area contributed by atoms with Gasteiger partial charge in [0.05, 0.1) is 30.9 Å². The van der Waals surface area contributed by atoms with Crippen LogP contribution in [0.1, 0.15) is 71.1 Å². The second kappa shape index (κ2) is 21.7. The van der Waals surface area contributed by atoms with Crippen LogP contribution in [0.15, 0.2) is 112 Å². The zero-order chi connectivity index (χ0) is 52.1. The maximum atomic E-state index is 16.2. The Kier molecular flexibility index (Phi) is 16.2. The van der Waals surface area contributed by atoms with Gasteiger partial charge < -0.3 is 35.2 Å². The number of nitrogens with zero attached hydrogens (tertiary/aromatic N) is 7. The van der Waals surface area contributed by atoms with Gasteiger partial charge in [0.15, 0.2) is 14.3 Å². The average Bonchev–Trinajstić information content (AvgIpc) is 3.94. The van der Waals surface area contributed by atoms with E-state index in [2.05, 4.69) is 46.4 Å². The third kappa shape index (κ3) is 13.2. The van der Waals surface area contributed by atoms with Crippen LogP contribution in [-0.2, 0) is 48.8 Å². The van der Waals surface area contributed by atoms with Crippen molar-refractivity contribution in [3.8, 4) is 17.1 Å². The Labute approximate surface area is 425 Å². The zero-order valence-corrected chi connectivity index (χ0v) is 45.3. The summed E-state index contributed by atoms with van der Waals surface area (Å²) in [5.41, 5.74) is 7.38. The Morgan fingerprint density at radius 2 is 1.47 bits per heavy atom. The highest BCUT2D eigenvalue weighted by Crippen LogP contribution is 2.43. The molecule has 1 atom stereocenters. The van der Waals surface area contributed by atoms with Crippen molar-refractivity contribution in [3.63, 3.8) is 0 Å². The first-order valence-corrected chi connectivity index (χ1v) is 29.8. The topological polar surface area (TPSA) is 238 Å². The fourth-order valence-electron chi connectivity index (χ4n) is 8.32. The van der Waals surface area contributed by atoms with Crippen molar-refractivity contribution in [2.24, 2.45) is 10.7 Å². The molecule has 2 aliphatic heterocycles. The molecule has 4 aromatic carbocycles. The molecule has 0 unspecified atom stereocenters. The number of anilines is 1. The number of nitrogens with two attached hydrogens (primary N) is 1. The fourth-order valence-corrected chi connectivity index (χ4v) is 13.1. The number of sulfonamides is 2. The molecule has 1 spiro atoms. The summed E-state index contributed by atoms with van der Waals surface area (Å²) in [7, 11) is -10.7. The van der Waals surface area contributed by atoms with E-state index in [0.29, 0.717) is 61.0 Å². The van der Waals surface area contributed by atoms with Gasteiger partial charge in [0.25, 0.3) is 0 Å². The van der Waals surface area contributed by atoms with Crippen LogP contribution in [0, 0.1) is 0 Å². The van der Waals surface area contributed by atoms with Crippen LogP contribution in [0.4, 0.5) is 10.5 Å². The molecule has 5 aromatic rings. The third-order valence-electron chi connectivity index (χ3n) is 13.2. The molecule has 1 amide bonds. The summed E-state index contributed by atoms with van der Waals surface area (Å²) in [6, 6.07) is 28.5. The first-order valence-electron chi connectivity index (χ1n) is 24.0. The number of tetrazole rings is 1. The quantitative estimate of drug-likeness (QED) is 0.0671. The molecular formula is C50H69N11O8S2Si. The number of amides is 1. The molecule has 3 heterocycles. The molecule has 1 aromatic heterocycles. The zero-order valence-electron chi connectivity index (χ0n) is 42.7. The summed E-state index contributed by atoms with van der Waals surface area (Å²) in [4.78, 5) is 20.0. The molecule has 22 heteroatoms. The summed E-state index contributed by atoms with van der Waals surface area (Å²) in [5.74, 6) is 0.931. The Morgan fingerprint density at radius 3 is 2.01 bits per heavy atom. The number of guanidine groups is 1. The Morgan fingerprint density at radius 1 is 0.861 bits per heavy atom. The van der Waals surface area contributed by atoms with Crippen LogP contribution in [0.5, 0.6) is 5.75 Å². The van der Waals surface area contributed by atoms with Gasteiger partial charge in [0.2, 0.25) is 25.9 Å². The minimum atomic E-state index is -4.85. The lowest BCUT2D eigenvalue weighted by Gasteiger charge is -2.39. The molecule has 5 N–H and O–H groups in total. The van der Waals surface area contributed by atoms with Crippen molar-refractivity contribution in [1.82, 2.24) is 39.9 Å². The first kappa shape index (κ1) is 53.9. The van der Waals surface area contributed by atoms with Crippen LogP contribution < -0.4 is 30.7 Å². The summed E-state index contributed by atoms with van der Waals surface area (Å²) in [6.45, 7) is 16.3. The van der Waals surface area contributed by atoms with Gasteiger partial charge in [-0.05, 0) is 97.9 Å². The molecule has 0 aliphatic carbocycles. The molecule has 388 valence electrons. The van der Waals surface area contributed by atoms with Crippen LogP contribution in [-0.4, -0.2) is 119 Å². The van der Waals surface area contributed by atoms with E-state index in [1.54, 1.807) is 33.9 Å². The number of piperidine rings is 1. The van der Waals surface area contributed by atoms with Crippen LogP contribution in [0.25, 0.3) is 11.4 Å². The lowest BCUT2D eigenvalue weighted by atomic mass is 9.88. The van der Waals surface area contributed by atoms with Crippen molar-refractivity contribution < 1.29 is 35.5 Å². The van der Waals surface area contributed by atoms with Gasteiger partial charge in [-0.15, -0.1) is 10.2 Å². The number of nitrogens with one attached hydrogen (secondary N) is 3. The van der Waals surface area contributed by atoms with E-state index in [4.69, 9.17) is 29.7 Å². The SMILES string of the molecule is COc1ccc(Cn2nnc(-c3c(N4CCC5(CC4)CNC(N)=N5)ccc(S(=O)(=O)NC[C@@H](CNC(=O)OC(C)(C)C)O[Si](C)(C)C(C)(C)C)c3S(=O)(=O)N(Cc3ccccc3)Cc3ccccc3)n2)cc1. The minimum Gasteiger partial charge on any atom is -0.497 e. The number of methoxy groups -OCH3 is 1. The number of hydrogen-bond acceptors (Lipinski definition) is 15. The van der Waals surface area contributed by atoms with Crippen molar-refractivity contribution in [3.05, 3.63) is 114 Å². The van der Waals surface area contributed by atoms with Gasteiger partial charge in [-0.2, -0.15) is 9.10 Å². The maximum Gasteiger partial charge on any atom is 0.407 e. The highest BCUT2D eigenvalue weighted by atomic mass is 32.2. The van der Waals surface area contributed by atoms with E-state index < -0.39 is 61.5 Å². The van der Waals surface area contributed by atoms with Gasteiger partial charge >= 0.3 is 6.09 Å². The van der Waals surface area contributed by atoms with Crippen molar-refractivity contribution >= 4 is 46.1 Å². The van der Waals surface area contributed by atoms with Crippen molar-refractivity contribution in [1.29, 1.82) is 0 Å². The van der Waals surface area contributed by atoms with Gasteiger partial charge in [-0.1, -0.05) is 93.6 Å². The number of carbonyl (C=O) groups is 1. The number of aromatic nitrogens is 4. The van der Waals surface area contributed by atoms with Gasteiger partial charge in [-0.25, -0.2) is 31.3 Å². The standard InChI is InChI=1S/C50H69N11O8S2Si/c1-48(2,3)68-47(62)52-30-40(69-72(8,9)49(4,5)6)31-54-70(63,64)42-25-24-41(59-28-26-50(27-29-59)35-53-46(51)55-50)43(45-56-58-61(57-45)34-38-20-22-39(67-7)23-21-38)44(42)71(65,66)60(32-36-16-12-10-13-17-36)33-37-18-14-11-15-19-37/h10-25,40,54H,26-35H2,1-9H3,(H,52,62)(H3,51,53,55)/t40-/m1/s1. The summed E-state index contributed by atoms with van der Waals surface area (Å²) >= 11 is 0. The summed E-state index contributed by atoms with van der Waals surface area (Å²) in [5, 5.41) is 19.3. The van der Waals surface area contributed by atoms with Crippen LogP contribution >= 0.6 is 0 Å². The second-order valence-corrected chi connectivity index (χ2v) is 29.2. The number of alkyl carbamates (subject to hydrolysis) is 1. The van der Waals surface area contributed by atoms with E-state index in [9.17, 15) is 4.79 Å². The van der Waals surface area contributed by atoms with Crippen molar-refractivity contribution in [2.75, 3.05) is 44.7 Å². The predicted molar refractivity (Wildman–Crippen MR) is 280 cm³/mol. The van der Waals surface area contributed by atoms with Gasteiger partial charge in [0.1, 0.15) is 21.1 Å². The highest BCUT2D eigenvalue weighted by molar-refractivity contribution is 7.92. The van der Waals surface area contributed by atoms with E-state index in [0.717, 1.165) is 5.56 Å². The number of rotatable bonds is 19. The lowest BCUT2D eigenvalue weighted by Crippen LogP contribution is -2.51. The second-order valence-electron chi connectivity index (χ2n) is 20.8. The fraction of sp³-hybridized carbons (Fsp3) is 0.460. The number of hydrogen-bond donors (Lipinski definition) is 4. The molecule has 7 rings (SSSR count). The molecule has 19 nitrogen and oxygen atoms in total. The molecule has 72 heavy (non-hydrogen) atoms. The smallest absolute Gasteiger partial charge is 0.407 e. The van der Waals surface area contributed by atoms with Crippen LogP contribution in [0.2, 0.25) is 18.1 Å². The normalized spacial score (nSPS) is 15.8. The van der Waals surface area contributed by atoms with E-state index in [1.165, 1.54) is 15.2 Å².